The summed E-state index contributed by atoms with van der Waals surface area (Å²) in [7, 11) is -11.6. The van der Waals surface area contributed by atoms with Crippen LogP contribution in [0.25, 0.3) is 0 Å². The maximum atomic E-state index is 14.8. The Morgan fingerprint density at radius 3 is 1.23 bits per heavy atom. The van der Waals surface area contributed by atoms with Crippen molar-refractivity contribution in [1.82, 2.24) is 0 Å². The first kappa shape index (κ1) is 31.6. The molecule has 0 heterocycles. The van der Waals surface area contributed by atoms with Crippen molar-refractivity contribution >= 4 is 20.4 Å². The third-order valence-corrected chi connectivity index (χ3v) is 10.8. The molecule has 3 aromatic rings. The van der Waals surface area contributed by atoms with E-state index in [9.17, 15) is 61.1 Å². The first-order valence-electron chi connectivity index (χ1n) is 10.4. The van der Waals surface area contributed by atoms with E-state index in [0.717, 1.165) is 24.3 Å². The summed E-state index contributed by atoms with van der Waals surface area (Å²) in [6, 6.07) is 13.6. The minimum Gasteiger partial charge on any atom is -0.257 e. The van der Waals surface area contributed by atoms with E-state index in [1.165, 1.54) is 36.4 Å². The van der Waals surface area contributed by atoms with Gasteiger partial charge in [0.05, 0.1) is 30.6 Å². The van der Waals surface area contributed by atoms with E-state index in [2.05, 4.69) is 3.63 Å². The summed E-state index contributed by atoms with van der Waals surface area (Å²) >= 11 is 0. The van der Waals surface area contributed by atoms with Crippen molar-refractivity contribution in [3.63, 3.8) is 0 Å². The van der Waals surface area contributed by atoms with Crippen molar-refractivity contribution in [3.8, 4) is 0 Å². The Morgan fingerprint density at radius 2 is 0.875 bits per heavy atom. The lowest BCUT2D eigenvalue weighted by Crippen LogP contribution is -2.63. The Morgan fingerprint density at radius 1 is 0.500 bits per heavy atom. The highest BCUT2D eigenvalue weighted by Gasteiger charge is 2.88. The topological polar surface area (TPSA) is 46.9 Å². The van der Waals surface area contributed by atoms with Gasteiger partial charge >= 0.3 is 39.6 Å². The van der Waals surface area contributed by atoms with Crippen molar-refractivity contribution < 1.29 is 64.7 Å². The van der Waals surface area contributed by atoms with E-state index >= 15 is 0 Å². The largest absolute Gasteiger partial charge is 0.486 e. The summed E-state index contributed by atoms with van der Waals surface area (Å²) in [5.74, 6) is -15.1. The van der Waals surface area contributed by atoms with Gasteiger partial charge in [0.25, 0.3) is 0 Å². The minimum absolute atomic E-state index is 0.369. The number of rotatable bonds is 8. The highest BCUT2D eigenvalue weighted by atomic mass is 32.3. The molecule has 0 aromatic heterocycles. The predicted octanol–water partition coefficient (Wildman–Crippen LogP) is 8.75. The molecule has 3 aromatic carbocycles. The first-order chi connectivity index (χ1) is 18.1. The number of hydrogen-bond donors (Lipinski definition) is 0. The number of halogens is 12. The molecule has 0 radical (unpaired) electrons. The van der Waals surface area contributed by atoms with Gasteiger partial charge in [-0.25, -0.2) is 0 Å². The average Bonchev–Trinajstić information content (AvgIpc) is 2.87. The van der Waals surface area contributed by atoms with Gasteiger partial charge in [-0.3, -0.25) is 3.63 Å². The Kier molecular flexibility index (Phi) is 8.03. The molecule has 0 spiro atoms. The van der Waals surface area contributed by atoms with Gasteiger partial charge in [-0.2, -0.15) is 52.7 Å². The van der Waals surface area contributed by atoms with Crippen molar-refractivity contribution in [2.75, 3.05) is 0 Å². The van der Waals surface area contributed by atoms with Gasteiger partial charge in [0.2, 0.25) is 0 Å². The van der Waals surface area contributed by atoms with Gasteiger partial charge < -0.3 is 0 Å². The molecule has 3 rings (SSSR count). The van der Waals surface area contributed by atoms with Crippen molar-refractivity contribution in [3.05, 3.63) is 90.5 Å². The van der Waals surface area contributed by atoms with E-state index in [-0.39, 0.29) is 9.79 Å². The van der Waals surface area contributed by atoms with Gasteiger partial charge in [0.15, 0.2) is 0 Å². The first-order valence-corrected chi connectivity index (χ1v) is 13.5. The van der Waals surface area contributed by atoms with Crippen molar-refractivity contribution in [1.29, 1.82) is 0 Å². The molecule has 0 saturated heterocycles. The summed E-state index contributed by atoms with van der Waals surface area (Å²) in [4.78, 5) is -1.32. The maximum absolute atomic E-state index is 14.8. The molecule has 0 bridgehead atoms. The van der Waals surface area contributed by atoms with Crippen molar-refractivity contribution in [2.24, 2.45) is 0 Å². The van der Waals surface area contributed by atoms with Crippen LogP contribution in [0.1, 0.15) is 5.56 Å². The van der Waals surface area contributed by atoms with Gasteiger partial charge in [0, 0.05) is 0 Å². The van der Waals surface area contributed by atoms with Crippen LogP contribution >= 0.6 is 10.3 Å². The fourth-order valence-corrected chi connectivity index (χ4v) is 8.82. The second kappa shape index (κ2) is 10.2. The van der Waals surface area contributed by atoms with E-state index in [4.69, 9.17) is 0 Å². The molecule has 0 aliphatic rings. The number of hydrogen-bond acceptors (Lipinski definition) is 2. The third-order valence-electron chi connectivity index (χ3n) is 5.34. The lowest BCUT2D eigenvalue weighted by atomic mass is 10.1. The Labute approximate surface area is 220 Å². The van der Waals surface area contributed by atoms with E-state index in [1.54, 1.807) is 0 Å². The lowest BCUT2D eigenvalue weighted by molar-refractivity contribution is -0.382. The summed E-state index contributed by atoms with van der Waals surface area (Å²) in [6.07, 6.45) is -12.2. The van der Waals surface area contributed by atoms with Crippen LogP contribution in [0.15, 0.2) is 99.6 Å². The second-order valence-electron chi connectivity index (χ2n) is 7.94. The van der Waals surface area contributed by atoms with E-state index in [1.807, 2.05) is 0 Å². The average molecular weight is 631 g/mol. The summed E-state index contributed by atoms with van der Waals surface area (Å²) in [5.41, 5.74) is -1.30. The molecule has 0 unspecified atom stereocenters. The molecular weight excluding hydrogens is 616 g/mol. The zero-order valence-electron chi connectivity index (χ0n) is 19.2. The molecule has 220 valence electrons. The molecule has 0 aliphatic heterocycles. The van der Waals surface area contributed by atoms with Crippen LogP contribution in [0.3, 0.4) is 0 Å². The van der Waals surface area contributed by atoms with Crippen LogP contribution < -0.4 is 0 Å². The monoisotopic (exact) mass is 631 g/mol. The van der Waals surface area contributed by atoms with E-state index < -0.39 is 60.3 Å². The highest BCUT2D eigenvalue weighted by Crippen LogP contribution is 2.69. The van der Waals surface area contributed by atoms with E-state index in [0.29, 0.717) is 24.3 Å². The van der Waals surface area contributed by atoms with Crippen LogP contribution in [0.2, 0.25) is 0 Å². The van der Waals surface area contributed by atoms with Gasteiger partial charge in [-0.15, -0.1) is 8.42 Å². The second-order valence-corrected chi connectivity index (χ2v) is 12.6. The molecular formula is C23H15F12O3S2+. The molecule has 0 saturated carbocycles. The van der Waals surface area contributed by atoms with Crippen molar-refractivity contribution in [2.45, 2.75) is 44.1 Å². The zero-order valence-corrected chi connectivity index (χ0v) is 20.8. The lowest BCUT2D eigenvalue weighted by Gasteiger charge is -2.37. The summed E-state index contributed by atoms with van der Waals surface area (Å²) in [5, 5.41) is -7.15. The molecule has 0 atom stereocenters. The molecule has 0 fully saturated rings. The standard InChI is InChI=1S/C23H14F12O3S2/c24-19(25,26)15-11-13-18(14-12-15)39(16-7-3-1-4-8-16,17-9-5-2-6-10-17)38-40(36,37)23(34,35)21(29,30)20(27,28)22(31,32)33/h1-14H/p+1. The normalized spacial score (nSPS) is 14.7. The predicted molar refractivity (Wildman–Crippen MR) is 119 cm³/mol. The molecule has 0 amide bonds. The van der Waals surface area contributed by atoms with Gasteiger partial charge in [-0.05, 0) is 48.5 Å². The molecule has 40 heavy (non-hydrogen) atoms. The summed E-state index contributed by atoms with van der Waals surface area (Å²) < 4.78 is 191. The maximum Gasteiger partial charge on any atom is 0.486 e. The number of alkyl halides is 12. The Hall–Kier alpha value is -2.92. The Bertz CT molecular complexity index is 1380. The zero-order chi connectivity index (χ0) is 30.4. The fourth-order valence-electron chi connectivity index (χ4n) is 3.33. The minimum atomic E-state index is -7.56. The highest BCUT2D eigenvalue weighted by molar-refractivity contribution is 8.32. The van der Waals surface area contributed by atoms with Gasteiger partial charge in [0.1, 0.15) is 0 Å². The Balaban J connectivity index is 2.36. The van der Waals surface area contributed by atoms with Crippen LogP contribution in [0.5, 0.6) is 0 Å². The fraction of sp³-hybridized carbons (Fsp3) is 0.217. The number of benzene rings is 3. The quantitative estimate of drug-likeness (QED) is 0.142. The molecule has 1 N–H and O–H groups in total. The van der Waals surface area contributed by atoms with Gasteiger partial charge in [-0.1, -0.05) is 36.4 Å². The van der Waals surface area contributed by atoms with Crippen LogP contribution in [-0.2, 0) is 16.3 Å². The SMILES string of the molecule is O=S(=O)([OH+]S(c1ccccc1)(c1ccccc1)c1ccc(C(F)(F)F)cc1)C(F)(F)C(F)(F)C(F)(F)C(F)(F)F. The molecule has 3 nitrogen and oxygen atoms in total. The molecule has 17 heteroatoms. The van der Waals surface area contributed by atoms with Crippen LogP contribution in [-0.4, -0.2) is 35.3 Å². The smallest absolute Gasteiger partial charge is 0.257 e. The van der Waals surface area contributed by atoms with Crippen LogP contribution in [0.4, 0.5) is 52.7 Å². The third kappa shape index (κ3) is 5.13. The molecule has 0 aliphatic carbocycles. The van der Waals surface area contributed by atoms with Crippen LogP contribution in [0, 0.1) is 0 Å². The summed E-state index contributed by atoms with van der Waals surface area (Å²) in [6.45, 7) is 0.